The molecule has 2 heterocycles. The largest absolute Gasteiger partial charge is 0.467 e. The number of carbonyl (C=O) groups excluding carboxylic acids is 1. The smallest absolute Gasteiger partial charge is 0.338 e. The highest BCUT2D eigenvalue weighted by molar-refractivity contribution is 7.92. The van der Waals surface area contributed by atoms with E-state index in [1.165, 1.54) is 40.7 Å². The molecule has 3 aromatic rings. The van der Waals surface area contributed by atoms with Crippen LogP contribution in [0.5, 0.6) is 5.75 Å². The van der Waals surface area contributed by atoms with Gasteiger partial charge >= 0.3 is 5.97 Å². The minimum atomic E-state index is -3.93. The lowest BCUT2D eigenvalue weighted by Crippen LogP contribution is -2.35. The van der Waals surface area contributed by atoms with Crippen LogP contribution in [-0.2, 0) is 39.1 Å². The molecule has 1 atom stereocenters. The van der Waals surface area contributed by atoms with E-state index < -0.39 is 20.9 Å². The molecule has 36 heavy (non-hydrogen) atoms. The summed E-state index contributed by atoms with van der Waals surface area (Å²) in [4.78, 5) is 23.5. The maximum atomic E-state index is 13.5. The molecule has 0 saturated carbocycles. The van der Waals surface area contributed by atoms with Gasteiger partial charge in [0, 0.05) is 29.3 Å². The number of nitro benzene ring substituents is 1. The maximum Gasteiger partial charge on any atom is 0.338 e. The second kappa shape index (κ2) is 9.25. The number of nitrogens with zero attached hydrogens (tertiary/aromatic N) is 2. The second-order valence-corrected chi connectivity index (χ2v) is 10.4. The minimum absolute atomic E-state index is 0.0241. The Morgan fingerprint density at radius 1 is 1.14 bits per heavy atom. The molecule has 2 aliphatic rings. The number of benzene rings is 3. The first-order chi connectivity index (χ1) is 17.3. The highest BCUT2D eigenvalue weighted by Gasteiger charge is 2.36. The predicted molar refractivity (Wildman–Crippen MR) is 128 cm³/mol. The molecule has 0 saturated heterocycles. The summed E-state index contributed by atoms with van der Waals surface area (Å²) >= 11 is 0. The average Bonchev–Trinajstić information content (AvgIpc) is 3.23. The standard InChI is InChI=1S/C25H22N2O8S/c1-16-9-17-5-2-3-8-23(17)26(16)36(31,32)22-7-4-6-18(12-22)25(28)34-14-20-11-21(27(29)30)10-19-13-33-15-35-24(19)20/h2-8,10-12,16H,9,13-15H2,1H3. The summed E-state index contributed by atoms with van der Waals surface area (Å²) in [5, 5.41) is 11.3. The van der Waals surface area contributed by atoms with Crippen molar-refractivity contribution in [1.82, 2.24) is 0 Å². The van der Waals surface area contributed by atoms with Crippen LogP contribution in [0, 0.1) is 10.1 Å². The highest BCUT2D eigenvalue weighted by atomic mass is 32.2. The van der Waals surface area contributed by atoms with Crippen LogP contribution in [-0.4, -0.2) is 32.1 Å². The fourth-order valence-electron chi connectivity index (χ4n) is 4.52. The minimum Gasteiger partial charge on any atom is -0.467 e. The number of nitro groups is 1. The van der Waals surface area contributed by atoms with Gasteiger partial charge in [-0.3, -0.25) is 14.4 Å². The molecule has 0 radical (unpaired) electrons. The van der Waals surface area contributed by atoms with Crippen molar-refractivity contribution in [2.24, 2.45) is 0 Å². The van der Waals surface area contributed by atoms with Gasteiger partial charge in [-0.15, -0.1) is 0 Å². The number of esters is 1. The summed E-state index contributed by atoms with van der Waals surface area (Å²) in [6.45, 7) is 1.65. The molecule has 0 bridgehead atoms. The van der Waals surface area contributed by atoms with Gasteiger partial charge in [-0.05, 0) is 43.2 Å². The van der Waals surface area contributed by atoms with Crippen molar-refractivity contribution in [1.29, 1.82) is 0 Å². The van der Waals surface area contributed by atoms with E-state index in [1.807, 2.05) is 19.1 Å². The highest BCUT2D eigenvalue weighted by Crippen LogP contribution is 2.37. The first kappa shape index (κ1) is 23.8. The zero-order valence-corrected chi connectivity index (χ0v) is 20.1. The average molecular weight is 511 g/mol. The number of anilines is 1. The third-order valence-corrected chi connectivity index (χ3v) is 8.04. The van der Waals surface area contributed by atoms with Crippen LogP contribution in [0.3, 0.4) is 0 Å². The number of carbonyl (C=O) groups is 1. The summed E-state index contributed by atoms with van der Waals surface area (Å²) in [5.74, 6) is -0.396. The van der Waals surface area contributed by atoms with Crippen molar-refractivity contribution in [3.8, 4) is 5.75 Å². The van der Waals surface area contributed by atoms with Gasteiger partial charge in [0.25, 0.3) is 15.7 Å². The lowest BCUT2D eigenvalue weighted by molar-refractivity contribution is -0.385. The van der Waals surface area contributed by atoms with Crippen LogP contribution < -0.4 is 9.04 Å². The lowest BCUT2D eigenvalue weighted by Gasteiger charge is -2.24. The fraction of sp³-hybridized carbons (Fsp3) is 0.240. The van der Waals surface area contributed by atoms with E-state index in [0.29, 0.717) is 29.0 Å². The van der Waals surface area contributed by atoms with Crippen LogP contribution in [0.4, 0.5) is 11.4 Å². The fourth-order valence-corrected chi connectivity index (χ4v) is 6.26. The van der Waals surface area contributed by atoms with E-state index in [9.17, 15) is 23.3 Å². The lowest BCUT2D eigenvalue weighted by atomic mass is 10.1. The van der Waals surface area contributed by atoms with E-state index in [4.69, 9.17) is 14.2 Å². The van der Waals surface area contributed by atoms with Crippen molar-refractivity contribution in [3.63, 3.8) is 0 Å². The number of sulfonamides is 1. The van der Waals surface area contributed by atoms with Gasteiger partial charge in [0.05, 0.1) is 27.7 Å². The molecule has 0 amide bonds. The number of para-hydroxylation sites is 1. The summed E-state index contributed by atoms with van der Waals surface area (Å²) in [5.41, 5.74) is 2.23. The number of ether oxygens (including phenoxy) is 3. The monoisotopic (exact) mass is 510 g/mol. The van der Waals surface area contributed by atoms with E-state index >= 15 is 0 Å². The van der Waals surface area contributed by atoms with Gasteiger partial charge < -0.3 is 14.2 Å². The number of fused-ring (bicyclic) bond motifs is 2. The number of rotatable bonds is 6. The molecule has 0 aromatic heterocycles. The van der Waals surface area contributed by atoms with Crippen molar-refractivity contribution in [3.05, 3.63) is 93.0 Å². The van der Waals surface area contributed by atoms with Gasteiger partial charge in [-0.1, -0.05) is 24.3 Å². The molecular formula is C25H22N2O8S. The summed E-state index contributed by atoms with van der Waals surface area (Å²) in [7, 11) is -3.93. The Bertz CT molecular complexity index is 1470. The first-order valence-corrected chi connectivity index (χ1v) is 12.6. The SMILES string of the molecule is CC1Cc2ccccc2N1S(=O)(=O)c1cccc(C(=O)OCc2cc([N+](=O)[O-])cc3c2OCOC3)c1. The Morgan fingerprint density at radius 2 is 1.94 bits per heavy atom. The molecule has 0 N–H and O–H groups in total. The number of non-ortho nitro benzene ring substituents is 1. The van der Waals surface area contributed by atoms with Gasteiger partial charge in [0.15, 0.2) is 6.79 Å². The normalized spacial score (nSPS) is 16.6. The summed E-state index contributed by atoms with van der Waals surface area (Å²) in [6, 6.07) is 15.3. The molecule has 186 valence electrons. The summed E-state index contributed by atoms with van der Waals surface area (Å²) in [6.07, 6.45) is 0.595. The Labute approximate surface area is 207 Å². The molecule has 0 fully saturated rings. The molecular weight excluding hydrogens is 488 g/mol. The van der Waals surface area contributed by atoms with Crippen LogP contribution in [0.1, 0.15) is 34.0 Å². The van der Waals surface area contributed by atoms with Crippen molar-refractivity contribution in [2.45, 2.75) is 37.5 Å². The van der Waals surface area contributed by atoms with Gasteiger partial charge in [0.1, 0.15) is 12.4 Å². The Balaban J connectivity index is 1.39. The van der Waals surface area contributed by atoms with Gasteiger partial charge in [-0.25, -0.2) is 13.2 Å². The molecule has 1 unspecified atom stereocenters. The number of hydrogen-bond donors (Lipinski definition) is 0. The van der Waals surface area contributed by atoms with Crippen molar-refractivity contribution in [2.75, 3.05) is 11.1 Å². The van der Waals surface area contributed by atoms with Crippen LogP contribution in [0.2, 0.25) is 0 Å². The molecule has 10 nitrogen and oxygen atoms in total. The molecule has 11 heteroatoms. The van der Waals surface area contributed by atoms with Crippen molar-refractivity contribution >= 4 is 27.4 Å². The molecule has 0 aliphatic carbocycles. The molecule has 5 rings (SSSR count). The van der Waals surface area contributed by atoms with Crippen LogP contribution in [0.25, 0.3) is 0 Å². The summed E-state index contributed by atoms with van der Waals surface area (Å²) < 4.78 is 44.4. The van der Waals surface area contributed by atoms with Crippen molar-refractivity contribution < 1.29 is 32.3 Å². The van der Waals surface area contributed by atoms with Gasteiger partial charge in [0.2, 0.25) is 0 Å². The van der Waals surface area contributed by atoms with Gasteiger partial charge in [-0.2, -0.15) is 0 Å². The molecule has 2 aliphatic heterocycles. The van der Waals surface area contributed by atoms with E-state index in [1.54, 1.807) is 12.1 Å². The first-order valence-electron chi connectivity index (χ1n) is 11.2. The predicted octanol–water partition coefficient (Wildman–Crippen LogP) is 3.96. The molecule has 0 spiro atoms. The van der Waals surface area contributed by atoms with Crippen LogP contribution in [0.15, 0.2) is 65.6 Å². The van der Waals surface area contributed by atoms with Crippen LogP contribution >= 0.6 is 0 Å². The van der Waals surface area contributed by atoms with E-state index in [-0.39, 0.29) is 42.2 Å². The second-order valence-electron chi connectivity index (χ2n) is 8.55. The van der Waals surface area contributed by atoms with E-state index in [2.05, 4.69) is 0 Å². The quantitative estimate of drug-likeness (QED) is 0.277. The van der Waals surface area contributed by atoms with E-state index in [0.717, 1.165) is 5.56 Å². The third kappa shape index (κ3) is 4.27. The zero-order chi connectivity index (χ0) is 25.4. The zero-order valence-electron chi connectivity index (χ0n) is 19.2. The Hall–Kier alpha value is -3.96. The molecule has 3 aromatic carbocycles. The third-order valence-electron chi connectivity index (χ3n) is 6.11. The maximum absolute atomic E-state index is 13.5. The Kier molecular flexibility index (Phi) is 6.10. The Morgan fingerprint density at radius 3 is 2.75 bits per heavy atom. The number of hydrogen-bond acceptors (Lipinski definition) is 8. The topological polar surface area (TPSA) is 125 Å².